The molecule has 0 amide bonds. The zero-order chi connectivity index (χ0) is 16.2. The number of guanidine groups is 1. The maximum atomic E-state index is 5.54. The van der Waals surface area contributed by atoms with E-state index in [9.17, 15) is 0 Å². The minimum atomic E-state index is 0.0782. The quantitative estimate of drug-likeness (QED) is 0.653. The molecule has 0 aliphatic heterocycles. The van der Waals surface area contributed by atoms with Crippen LogP contribution in [-0.4, -0.2) is 42.2 Å². The fourth-order valence-electron chi connectivity index (χ4n) is 2.19. The third-order valence-corrected chi connectivity index (χ3v) is 4.28. The van der Waals surface area contributed by atoms with Crippen LogP contribution in [0.15, 0.2) is 22.8 Å². The zero-order valence-corrected chi connectivity index (χ0v) is 14.7. The molecule has 0 saturated heterocycles. The fourth-order valence-corrected chi connectivity index (χ4v) is 2.91. The average molecular weight is 323 g/mol. The Hall–Kier alpha value is -1.60. The van der Waals surface area contributed by atoms with Crippen LogP contribution in [0.3, 0.4) is 0 Å². The lowest BCUT2D eigenvalue weighted by Crippen LogP contribution is -2.45. The Morgan fingerprint density at radius 1 is 1.45 bits per heavy atom. The molecule has 0 saturated carbocycles. The van der Waals surface area contributed by atoms with Gasteiger partial charge in [0.2, 0.25) is 0 Å². The highest BCUT2D eigenvalue weighted by Crippen LogP contribution is 2.20. The first-order chi connectivity index (χ1) is 10.4. The number of hydrogen-bond donors (Lipinski definition) is 2. The van der Waals surface area contributed by atoms with Crippen LogP contribution in [0.1, 0.15) is 26.5 Å². The van der Waals surface area contributed by atoms with Crippen LogP contribution in [0.25, 0.3) is 4.96 Å². The van der Waals surface area contributed by atoms with Crippen LogP contribution in [0.5, 0.6) is 0 Å². The molecular formula is C15H25N5OS. The first-order valence-corrected chi connectivity index (χ1v) is 8.20. The monoisotopic (exact) mass is 323 g/mol. The maximum Gasteiger partial charge on any atom is 0.193 e. The number of hydrogen-bond acceptors (Lipinski definition) is 4. The lowest BCUT2D eigenvalue weighted by atomic mass is 9.89. The first kappa shape index (κ1) is 16.8. The molecule has 0 radical (unpaired) electrons. The van der Waals surface area contributed by atoms with E-state index in [1.165, 1.54) is 0 Å². The molecule has 122 valence electrons. The number of nitrogens with one attached hydrogen (secondary N) is 2. The van der Waals surface area contributed by atoms with E-state index in [0.29, 0.717) is 13.1 Å². The number of imidazole rings is 1. The largest absolute Gasteiger partial charge is 0.379 e. The molecular weight excluding hydrogens is 298 g/mol. The van der Waals surface area contributed by atoms with Crippen molar-refractivity contribution in [3.05, 3.63) is 23.5 Å². The molecule has 2 aromatic rings. The number of aromatic nitrogens is 2. The number of fused-ring (bicyclic) bond motifs is 1. The molecule has 22 heavy (non-hydrogen) atoms. The van der Waals surface area contributed by atoms with Crippen LogP contribution >= 0.6 is 11.3 Å². The number of thiazole rings is 1. The molecule has 1 unspecified atom stereocenters. The molecule has 0 aromatic carbocycles. The van der Waals surface area contributed by atoms with Gasteiger partial charge >= 0.3 is 0 Å². The third kappa shape index (κ3) is 4.20. The fraction of sp³-hybridized carbons (Fsp3) is 0.600. The SMILES string of the molecule is CN=C(NCc1cn2ccsc2n1)NCC(OC)C(C)(C)C. The lowest BCUT2D eigenvalue weighted by molar-refractivity contribution is 0.0205. The van der Waals surface area contributed by atoms with Gasteiger partial charge in [-0.3, -0.25) is 9.39 Å². The third-order valence-electron chi connectivity index (χ3n) is 3.51. The van der Waals surface area contributed by atoms with Gasteiger partial charge in [-0.2, -0.15) is 0 Å². The van der Waals surface area contributed by atoms with E-state index in [1.54, 1.807) is 25.5 Å². The van der Waals surface area contributed by atoms with Crippen LogP contribution in [0.2, 0.25) is 0 Å². The van der Waals surface area contributed by atoms with Crippen molar-refractivity contribution >= 4 is 22.3 Å². The minimum Gasteiger partial charge on any atom is -0.379 e. The predicted molar refractivity (Wildman–Crippen MR) is 91.5 cm³/mol. The van der Waals surface area contributed by atoms with Crippen LogP contribution in [0, 0.1) is 5.41 Å². The van der Waals surface area contributed by atoms with E-state index in [1.807, 2.05) is 22.2 Å². The molecule has 0 aliphatic rings. The number of nitrogens with zero attached hydrogens (tertiary/aromatic N) is 3. The van der Waals surface area contributed by atoms with E-state index < -0.39 is 0 Å². The Kier molecular flexibility index (Phi) is 5.42. The van der Waals surface area contributed by atoms with Gasteiger partial charge in [0.15, 0.2) is 10.9 Å². The summed E-state index contributed by atoms with van der Waals surface area (Å²) in [5, 5.41) is 8.61. The summed E-state index contributed by atoms with van der Waals surface area (Å²) in [6.45, 7) is 7.84. The molecule has 0 fully saturated rings. The van der Waals surface area contributed by atoms with Gasteiger partial charge in [0.1, 0.15) is 0 Å². The van der Waals surface area contributed by atoms with Crippen molar-refractivity contribution in [1.29, 1.82) is 0 Å². The minimum absolute atomic E-state index is 0.0782. The van der Waals surface area contributed by atoms with Crippen molar-refractivity contribution in [3.63, 3.8) is 0 Å². The molecule has 0 bridgehead atoms. The highest BCUT2D eigenvalue weighted by molar-refractivity contribution is 7.15. The van der Waals surface area contributed by atoms with Gasteiger partial charge in [0.25, 0.3) is 0 Å². The van der Waals surface area contributed by atoms with Crippen molar-refractivity contribution < 1.29 is 4.74 Å². The van der Waals surface area contributed by atoms with Crippen LogP contribution in [-0.2, 0) is 11.3 Å². The lowest BCUT2D eigenvalue weighted by Gasteiger charge is -2.30. The highest BCUT2D eigenvalue weighted by Gasteiger charge is 2.24. The van der Waals surface area contributed by atoms with Crippen LogP contribution < -0.4 is 10.6 Å². The summed E-state index contributed by atoms with van der Waals surface area (Å²) in [4.78, 5) is 9.79. The second-order valence-corrected chi connectivity index (χ2v) is 7.10. The van der Waals surface area contributed by atoms with Crippen molar-refractivity contribution in [2.45, 2.75) is 33.4 Å². The van der Waals surface area contributed by atoms with Crippen molar-refractivity contribution in [2.75, 3.05) is 20.7 Å². The van der Waals surface area contributed by atoms with E-state index in [2.05, 4.69) is 41.4 Å². The van der Waals surface area contributed by atoms with Crippen molar-refractivity contribution in [1.82, 2.24) is 20.0 Å². The second kappa shape index (κ2) is 7.11. The molecule has 2 aromatic heterocycles. The molecule has 6 nitrogen and oxygen atoms in total. The van der Waals surface area contributed by atoms with Gasteiger partial charge in [0, 0.05) is 38.5 Å². The van der Waals surface area contributed by atoms with E-state index >= 15 is 0 Å². The Balaban J connectivity index is 1.86. The first-order valence-electron chi connectivity index (χ1n) is 7.32. The normalized spacial score (nSPS) is 14.3. The number of aliphatic imine (C=N–C) groups is 1. The van der Waals surface area contributed by atoms with Gasteiger partial charge in [-0.25, -0.2) is 4.98 Å². The van der Waals surface area contributed by atoms with Crippen LogP contribution in [0.4, 0.5) is 0 Å². The Bertz CT molecular complexity index is 597. The summed E-state index contributed by atoms with van der Waals surface area (Å²) in [6.07, 6.45) is 4.15. The molecule has 2 rings (SSSR count). The molecule has 0 spiro atoms. The van der Waals surface area contributed by atoms with Gasteiger partial charge < -0.3 is 15.4 Å². The Morgan fingerprint density at radius 3 is 2.82 bits per heavy atom. The predicted octanol–water partition coefficient (Wildman–Crippen LogP) is 2.12. The topological polar surface area (TPSA) is 63.0 Å². The van der Waals surface area contributed by atoms with Crippen molar-refractivity contribution in [2.24, 2.45) is 10.4 Å². The number of ether oxygens (including phenoxy) is 1. The van der Waals surface area contributed by atoms with Crippen molar-refractivity contribution in [3.8, 4) is 0 Å². The Morgan fingerprint density at radius 2 is 2.23 bits per heavy atom. The van der Waals surface area contributed by atoms with E-state index in [-0.39, 0.29) is 11.5 Å². The number of rotatable bonds is 5. The molecule has 2 N–H and O–H groups in total. The molecule has 0 aliphatic carbocycles. The Labute approximate surface area is 135 Å². The zero-order valence-electron chi connectivity index (χ0n) is 13.9. The van der Waals surface area contributed by atoms with Gasteiger partial charge in [-0.05, 0) is 5.41 Å². The average Bonchev–Trinajstić information content (AvgIpc) is 3.02. The number of methoxy groups -OCH3 is 1. The standard InChI is InChI=1S/C15H25N5OS/c1-15(2,3)12(21-5)9-18-13(16-4)17-8-11-10-20-6-7-22-14(20)19-11/h6-7,10,12H,8-9H2,1-5H3,(H2,16,17,18). The highest BCUT2D eigenvalue weighted by atomic mass is 32.1. The van der Waals surface area contributed by atoms with E-state index in [4.69, 9.17) is 4.74 Å². The van der Waals surface area contributed by atoms with Gasteiger partial charge in [0.05, 0.1) is 18.3 Å². The summed E-state index contributed by atoms with van der Waals surface area (Å²) in [7, 11) is 3.51. The van der Waals surface area contributed by atoms with Gasteiger partial charge in [-0.1, -0.05) is 20.8 Å². The smallest absolute Gasteiger partial charge is 0.193 e. The summed E-state index contributed by atoms with van der Waals surface area (Å²) in [5.41, 5.74) is 1.07. The molecule has 7 heteroatoms. The summed E-state index contributed by atoms with van der Waals surface area (Å²) >= 11 is 1.63. The molecule has 1 atom stereocenters. The summed E-state index contributed by atoms with van der Waals surface area (Å²) in [5.74, 6) is 0.752. The van der Waals surface area contributed by atoms with Gasteiger partial charge in [-0.15, -0.1) is 11.3 Å². The summed E-state index contributed by atoms with van der Waals surface area (Å²) in [6, 6.07) is 0. The maximum absolute atomic E-state index is 5.54. The summed E-state index contributed by atoms with van der Waals surface area (Å²) < 4.78 is 7.57. The second-order valence-electron chi connectivity index (χ2n) is 6.22. The molecule has 2 heterocycles. The van der Waals surface area contributed by atoms with E-state index in [0.717, 1.165) is 16.6 Å².